The molecule has 0 amide bonds. The van der Waals surface area contributed by atoms with Gasteiger partial charge in [0.05, 0.1) is 6.54 Å². The van der Waals surface area contributed by atoms with Crippen molar-refractivity contribution in [3.8, 4) is 11.5 Å². The van der Waals surface area contributed by atoms with Crippen LogP contribution in [0.2, 0.25) is 0 Å². The lowest BCUT2D eigenvalue weighted by molar-refractivity contribution is -0.0453. The number of phenols is 1. The van der Waals surface area contributed by atoms with E-state index in [1.807, 2.05) is 6.08 Å². The lowest BCUT2D eigenvalue weighted by Crippen LogP contribution is -2.65. The number of hydrogen-bond acceptors (Lipinski definition) is 6. The maximum atomic E-state index is 13.7. The topological polar surface area (TPSA) is 73.2 Å². The molecule has 3 heterocycles. The third-order valence-corrected chi connectivity index (χ3v) is 8.97. The van der Waals surface area contributed by atoms with E-state index in [9.17, 15) is 15.0 Å². The van der Waals surface area contributed by atoms with Crippen molar-refractivity contribution < 1.29 is 19.7 Å². The third-order valence-electron chi connectivity index (χ3n) is 8.97. The number of carbonyl (C=O) groups is 1. The molecule has 6 nitrogen and oxygen atoms in total. The number of likely N-dealkylation sites (N-methyl/N-ethyl adjacent to an activating group) is 1. The molecule has 2 bridgehead atoms. The molecule has 2 N–H and O–H groups in total. The molecule has 0 aromatic heterocycles. The highest BCUT2D eigenvalue weighted by Crippen LogP contribution is 2.63. The summed E-state index contributed by atoms with van der Waals surface area (Å²) >= 11 is 0. The average molecular weight is 438 g/mol. The number of aliphatic hydroxyl groups excluding tert-OH is 1. The predicted molar refractivity (Wildman–Crippen MR) is 121 cm³/mol. The molecule has 5 aliphatic rings. The van der Waals surface area contributed by atoms with Crippen molar-refractivity contribution in [3.05, 3.63) is 41.3 Å². The van der Waals surface area contributed by atoms with Crippen molar-refractivity contribution in [1.82, 2.24) is 9.80 Å². The first-order valence-corrected chi connectivity index (χ1v) is 12.2. The van der Waals surface area contributed by atoms with Gasteiger partial charge in [0.2, 0.25) is 0 Å². The van der Waals surface area contributed by atoms with Gasteiger partial charge in [-0.15, -0.1) is 0 Å². The number of carbonyl (C=O) groups excluding carboxylic acids is 1. The Bertz CT molecular complexity index is 991. The summed E-state index contributed by atoms with van der Waals surface area (Å²) in [5.74, 6) is 0.842. The van der Waals surface area contributed by atoms with E-state index in [-0.39, 0.29) is 28.9 Å². The molecular formula is C26H33N2O4. The van der Waals surface area contributed by atoms with Crippen molar-refractivity contribution in [2.75, 3.05) is 26.7 Å². The molecular weight excluding hydrogens is 404 g/mol. The molecule has 3 aliphatic heterocycles. The summed E-state index contributed by atoms with van der Waals surface area (Å²) in [5, 5.41) is 21.8. The van der Waals surface area contributed by atoms with Gasteiger partial charge in [0.25, 0.3) is 0 Å². The SMILES string of the molecule is CCC1C[CH]CCN1CC(=O)c1cc(O)c2c3c1C[C@@H]1[C@@H]4C=C[C@H](O)[C@H](O2)[C@]34CCN1C. The first kappa shape index (κ1) is 20.7. The number of ketones is 1. The molecule has 6 rings (SSSR count). The first-order valence-electron chi connectivity index (χ1n) is 12.2. The van der Waals surface area contributed by atoms with Crippen molar-refractivity contribution in [2.45, 2.75) is 68.7 Å². The van der Waals surface area contributed by atoms with E-state index in [0.29, 0.717) is 23.9 Å². The number of hydrogen-bond donors (Lipinski definition) is 2. The van der Waals surface area contributed by atoms with Gasteiger partial charge < -0.3 is 19.8 Å². The van der Waals surface area contributed by atoms with E-state index in [2.05, 4.69) is 36.3 Å². The highest BCUT2D eigenvalue weighted by molar-refractivity contribution is 6.00. The van der Waals surface area contributed by atoms with Crippen LogP contribution in [-0.4, -0.2) is 76.8 Å². The van der Waals surface area contributed by atoms with Crippen LogP contribution in [0.25, 0.3) is 0 Å². The van der Waals surface area contributed by atoms with Crippen LogP contribution in [0.1, 0.15) is 54.1 Å². The van der Waals surface area contributed by atoms with Crippen molar-refractivity contribution in [1.29, 1.82) is 0 Å². The Balaban J connectivity index is 1.46. The number of piperidine rings is 2. The maximum Gasteiger partial charge on any atom is 0.177 e. The fourth-order valence-corrected chi connectivity index (χ4v) is 7.37. The maximum absolute atomic E-state index is 13.7. The second-order valence-electron chi connectivity index (χ2n) is 10.4. The Morgan fingerprint density at radius 3 is 2.97 bits per heavy atom. The highest BCUT2D eigenvalue weighted by Gasteiger charge is 2.64. The van der Waals surface area contributed by atoms with Crippen molar-refractivity contribution in [2.24, 2.45) is 5.92 Å². The second-order valence-corrected chi connectivity index (χ2v) is 10.4. The molecule has 6 atom stereocenters. The van der Waals surface area contributed by atoms with Gasteiger partial charge in [-0.05, 0) is 70.3 Å². The molecule has 1 spiro atoms. The van der Waals surface area contributed by atoms with Crippen LogP contribution >= 0.6 is 0 Å². The van der Waals surface area contributed by atoms with Gasteiger partial charge in [-0.25, -0.2) is 0 Å². The zero-order valence-electron chi connectivity index (χ0n) is 19.0. The van der Waals surface area contributed by atoms with Gasteiger partial charge in [0.15, 0.2) is 17.3 Å². The van der Waals surface area contributed by atoms with Crippen LogP contribution in [0, 0.1) is 12.3 Å². The van der Waals surface area contributed by atoms with Gasteiger partial charge in [0.1, 0.15) is 12.2 Å². The summed E-state index contributed by atoms with van der Waals surface area (Å²) < 4.78 is 6.28. The van der Waals surface area contributed by atoms with Crippen molar-refractivity contribution >= 4 is 5.78 Å². The number of phenolic OH excluding ortho intramolecular Hbond substituents is 1. The van der Waals surface area contributed by atoms with Crippen LogP contribution in [0.4, 0.5) is 0 Å². The second kappa shape index (κ2) is 7.31. The van der Waals surface area contributed by atoms with Gasteiger partial charge in [0, 0.05) is 34.5 Å². The minimum absolute atomic E-state index is 0.0400. The molecule has 0 saturated carbocycles. The molecule has 2 saturated heterocycles. The highest BCUT2D eigenvalue weighted by atomic mass is 16.5. The normalized spacial score (nSPS) is 37.8. The lowest BCUT2D eigenvalue weighted by atomic mass is 9.53. The number of nitrogens with zero attached hydrogens (tertiary/aromatic N) is 2. The molecule has 6 heteroatoms. The Morgan fingerprint density at radius 1 is 1.31 bits per heavy atom. The van der Waals surface area contributed by atoms with E-state index in [1.165, 1.54) is 0 Å². The smallest absolute Gasteiger partial charge is 0.177 e. The molecule has 1 aromatic rings. The lowest BCUT2D eigenvalue weighted by Gasteiger charge is -2.56. The monoisotopic (exact) mass is 437 g/mol. The van der Waals surface area contributed by atoms with Crippen molar-refractivity contribution in [3.63, 3.8) is 0 Å². The Morgan fingerprint density at radius 2 is 2.16 bits per heavy atom. The van der Waals surface area contributed by atoms with Gasteiger partial charge in [-0.2, -0.15) is 0 Å². The summed E-state index contributed by atoms with van der Waals surface area (Å²) in [6.45, 7) is 4.40. The molecule has 1 aromatic carbocycles. The summed E-state index contributed by atoms with van der Waals surface area (Å²) in [4.78, 5) is 18.4. The number of benzene rings is 1. The largest absolute Gasteiger partial charge is 0.504 e. The van der Waals surface area contributed by atoms with E-state index in [4.69, 9.17) is 4.74 Å². The Labute approximate surface area is 189 Å². The minimum atomic E-state index is -0.706. The van der Waals surface area contributed by atoms with Gasteiger partial charge in [-0.1, -0.05) is 19.1 Å². The number of aromatic hydroxyl groups is 1. The minimum Gasteiger partial charge on any atom is -0.504 e. The Kier molecular flexibility index (Phi) is 4.73. The van der Waals surface area contributed by atoms with Crippen LogP contribution in [0.3, 0.4) is 0 Å². The predicted octanol–water partition coefficient (Wildman–Crippen LogP) is 2.46. The molecule has 2 fully saturated rings. The van der Waals surface area contributed by atoms with E-state index < -0.39 is 12.2 Å². The first-order chi connectivity index (χ1) is 15.5. The zero-order valence-corrected chi connectivity index (χ0v) is 19.0. The Hall–Kier alpha value is -1.89. The van der Waals surface area contributed by atoms with E-state index in [1.54, 1.807) is 6.07 Å². The van der Waals surface area contributed by atoms with Gasteiger partial charge in [-0.3, -0.25) is 9.69 Å². The summed E-state index contributed by atoms with van der Waals surface area (Å²) in [5.41, 5.74) is 2.32. The molecule has 32 heavy (non-hydrogen) atoms. The number of aliphatic hydroxyl groups is 1. The van der Waals surface area contributed by atoms with Crippen LogP contribution in [0.15, 0.2) is 18.2 Å². The molecule has 1 radical (unpaired) electrons. The van der Waals surface area contributed by atoms with E-state index in [0.717, 1.165) is 56.3 Å². The summed E-state index contributed by atoms with van der Waals surface area (Å²) in [7, 11) is 2.16. The number of ether oxygens (including phenoxy) is 1. The molecule has 2 aliphatic carbocycles. The number of Topliss-reactive ketones (excluding diaryl/α,β-unsaturated/α-hetero) is 1. The fourth-order valence-electron chi connectivity index (χ4n) is 7.37. The fraction of sp³-hybridized carbons (Fsp3) is 0.615. The number of likely N-dealkylation sites (tertiary alicyclic amines) is 2. The van der Waals surface area contributed by atoms with Crippen LogP contribution in [0.5, 0.6) is 11.5 Å². The summed E-state index contributed by atoms with van der Waals surface area (Å²) in [6.07, 6.45) is 9.94. The summed E-state index contributed by atoms with van der Waals surface area (Å²) in [6, 6.07) is 2.31. The molecule has 1 unspecified atom stereocenters. The standard InChI is InChI=1S/C26H33N2O4/c1-3-15-6-4-5-10-28(15)14-22(31)16-13-21(30)24-23-17(16)12-19-18-7-8-20(29)25(32-24)26(18,23)9-11-27(19)2/h4,7-8,13,15,18-20,25,29-30H,3,5-6,9-12,14H2,1-2H3/t15?,18-,19+,20-,25-,26-/m0/s1. The third kappa shape index (κ3) is 2.66. The van der Waals surface area contributed by atoms with Crippen LogP contribution in [-0.2, 0) is 11.8 Å². The van der Waals surface area contributed by atoms with Crippen LogP contribution < -0.4 is 4.74 Å². The van der Waals surface area contributed by atoms with Gasteiger partial charge >= 0.3 is 0 Å². The number of rotatable bonds is 4. The average Bonchev–Trinajstić information content (AvgIpc) is 3.15. The quantitative estimate of drug-likeness (QED) is 0.557. The molecule has 171 valence electrons. The zero-order chi connectivity index (χ0) is 22.2. The van der Waals surface area contributed by atoms with E-state index >= 15 is 0 Å².